The van der Waals surface area contributed by atoms with Crippen molar-refractivity contribution in [1.82, 2.24) is 5.32 Å². The van der Waals surface area contributed by atoms with Crippen molar-refractivity contribution >= 4 is 45.2 Å². The maximum Gasteiger partial charge on any atom is 0.306 e. The Bertz CT molecular complexity index is 507. The van der Waals surface area contributed by atoms with Gasteiger partial charge in [0.25, 0.3) is 0 Å². The minimum atomic E-state index is -1.09. The average Bonchev–Trinajstić information content (AvgIpc) is 3.08. The maximum absolute atomic E-state index is 12.2. The van der Waals surface area contributed by atoms with Gasteiger partial charge in [-0.25, -0.2) is 0 Å². The van der Waals surface area contributed by atoms with Crippen LogP contribution >= 0.6 is 21.6 Å². The summed E-state index contributed by atoms with van der Waals surface area (Å²) in [4.78, 5) is 46.0. The van der Waals surface area contributed by atoms with Gasteiger partial charge < -0.3 is 15.5 Å². The third kappa shape index (κ3) is 9.47. The van der Waals surface area contributed by atoms with Crippen molar-refractivity contribution in [1.29, 1.82) is 0 Å². The smallest absolute Gasteiger partial charge is 0.306 e. The number of amides is 1. The van der Waals surface area contributed by atoms with E-state index in [1.165, 1.54) is 19.1 Å². The molecule has 1 rings (SSSR count). The van der Waals surface area contributed by atoms with Crippen LogP contribution in [0, 0.1) is 5.92 Å². The molecule has 0 aromatic heterocycles. The molecule has 0 spiro atoms. The molecule has 0 aliphatic carbocycles. The SMILES string of the molecule is C[C@H](CC(=O)[C@H](CCC(=O)O)NC(=O)CCCC[C@H]1CCSS1)C(=O)O. The molecular formula is C17H27NO6S2. The van der Waals surface area contributed by atoms with Crippen LogP contribution in [0.4, 0.5) is 0 Å². The first-order valence-corrected chi connectivity index (χ1v) is 11.2. The van der Waals surface area contributed by atoms with E-state index in [-0.39, 0.29) is 31.6 Å². The van der Waals surface area contributed by atoms with E-state index in [4.69, 9.17) is 10.2 Å². The quantitative estimate of drug-likeness (QED) is 0.316. The van der Waals surface area contributed by atoms with Gasteiger partial charge in [0.15, 0.2) is 5.78 Å². The van der Waals surface area contributed by atoms with Gasteiger partial charge >= 0.3 is 11.9 Å². The number of hydrogen-bond acceptors (Lipinski definition) is 6. The van der Waals surface area contributed by atoms with Crippen molar-refractivity contribution in [2.75, 3.05) is 5.75 Å². The van der Waals surface area contributed by atoms with Gasteiger partial charge in [0.05, 0.1) is 12.0 Å². The predicted octanol–water partition coefficient (Wildman–Crippen LogP) is 2.73. The van der Waals surface area contributed by atoms with E-state index in [0.29, 0.717) is 5.25 Å². The number of Topliss-reactive ketones (excluding diaryl/α,β-unsaturated/α-hetero) is 1. The zero-order valence-electron chi connectivity index (χ0n) is 14.9. The second-order valence-electron chi connectivity index (χ2n) is 6.54. The molecule has 0 bridgehead atoms. The summed E-state index contributed by atoms with van der Waals surface area (Å²) >= 11 is 0. The Morgan fingerprint density at radius 3 is 2.46 bits per heavy atom. The summed E-state index contributed by atoms with van der Waals surface area (Å²) in [5, 5.41) is 21.0. The van der Waals surface area contributed by atoms with Crippen LogP contribution in [0.5, 0.6) is 0 Å². The van der Waals surface area contributed by atoms with Crippen molar-refractivity contribution in [3.63, 3.8) is 0 Å². The summed E-state index contributed by atoms with van der Waals surface area (Å²) in [5.41, 5.74) is 0. The van der Waals surface area contributed by atoms with Gasteiger partial charge in [-0.3, -0.25) is 19.2 Å². The molecule has 1 amide bonds. The summed E-state index contributed by atoms with van der Waals surface area (Å²) in [6, 6.07) is -0.942. The molecule has 1 saturated heterocycles. The van der Waals surface area contributed by atoms with Crippen LogP contribution in [0.25, 0.3) is 0 Å². The van der Waals surface area contributed by atoms with E-state index >= 15 is 0 Å². The summed E-state index contributed by atoms with van der Waals surface area (Å²) < 4.78 is 0. The number of carbonyl (C=O) groups excluding carboxylic acids is 2. The number of hydrogen-bond donors (Lipinski definition) is 3. The minimum absolute atomic E-state index is 0.0256. The van der Waals surface area contributed by atoms with Gasteiger partial charge in [0, 0.05) is 30.3 Å². The molecule has 7 nitrogen and oxygen atoms in total. The number of ketones is 1. The average molecular weight is 406 g/mol. The van der Waals surface area contributed by atoms with Crippen LogP contribution in [-0.2, 0) is 19.2 Å². The van der Waals surface area contributed by atoms with Crippen LogP contribution in [-0.4, -0.2) is 50.9 Å². The summed E-state index contributed by atoms with van der Waals surface area (Å²) in [6.45, 7) is 1.41. The fourth-order valence-corrected chi connectivity index (χ4v) is 5.63. The first-order valence-electron chi connectivity index (χ1n) is 8.84. The Hall–Kier alpha value is -1.22. The summed E-state index contributed by atoms with van der Waals surface area (Å²) in [7, 11) is 3.78. The van der Waals surface area contributed by atoms with Gasteiger partial charge in [-0.2, -0.15) is 0 Å². The Morgan fingerprint density at radius 2 is 1.88 bits per heavy atom. The molecule has 3 atom stereocenters. The summed E-state index contributed by atoms with van der Waals surface area (Å²) in [6.07, 6.45) is 3.72. The van der Waals surface area contributed by atoms with Gasteiger partial charge in [-0.05, 0) is 25.7 Å². The van der Waals surface area contributed by atoms with Crippen molar-refractivity contribution < 1.29 is 29.4 Å². The molecule has 3 N–H and O–H groups in total. The highest BCUT2D eigenvalue weighted by Crippen LogP contribution is 2.39. The fourth-order valence-electron chi connectivity index (χ4n) is 2.60. The fraction of sp³-hybridized carbons (Fsp3) is 0.765. The molecule has 0 aromatic carbocycles. The highest BCUT2D eigenvalue weighted by molar-refractivity contribution is 8.77. The highest BCUT2D eigenvalue weighted by Gasteiger charge is 2.25. The summed E-state index contributed by atoms with van der Waals surface area (Å²) in [5.74, 6) is -2.56. The number of nitrogens with one attached hydrogen (secondary N) is 1. The predicted molar refractivity (Wildman–Crippen MR) is 102 cm³/mol. The van der Waals surface area contributed by atoms with Crippen LogP contribution in [0.1, 0.15) is 58.3 Å². The number of unbranched alkanes of at least 4 members (excludes halogenated alkanes) is 1. The molecule has 9 heteroatoms. The Morgan fingerprint density at radius 1 is 1.15 bits per heavy atom. The molecule has 1 heterocycles. The molecule has 1 fully saturated rings. The standard InChI is InChI=1S/C17H27NO6S2/c1-11(17(23)24)10-14(19)13(6-7-16(21)22)18-15(20)5-3-2-4-12-8-9-25-26-12/h11-13H,2-10H2,1H3,(H,18,20)(H,21,22)(H,23,24)/t11-,12+,13+/m1/s1. The van der Waals surface area contributed by atoms with Crippen LogP contribution < -0.4 is 5.32 Å². The molecule has 1 aliphatic rings. The highest BCUT2D eigenvalue weighted by atomic mass is 33.1. The Kier molecular flexibility index (Phi) is 10.7. The number of carbonyl (C=O) groups is 4. The molecule has 0 saturated carbocycles. The normalized spacial score (nSPS) is 18.9. The maximum atomic E-state index is 12.2. The van der Waals surface area contributed by atoms with E-state index in [1.807, 2.05) is 21.6 Å². The minimum Gasteiger partial charge on any atom is -0.481 e. The van der Waals surface area contributed by atoms with Crippen molar-refractivity contribution in [2.45, 2.75) is 69.6 Å². The molecule has 148 valence electrons. The molecule has 0 radical (unpaired) electrons. The Balaban J connectivity index is 2.41. The lowest BCUT2D eigenvalue weighted by molar-refractivity contribution is -0.143. The first kappa shape index (κ1) is 22.8. The lowest BCUT2D eigenvalue weighted by Gasteiger charge is -2.18. The lowest BCUT2D eigenvalue weighted by atomic mass is 9.97. The van der Waals surface area contributed by atoms with E-state index < -0.39 is 29.7 Å². The second kappa shape index (κ2) is 12.2. The van der Waals surface area contributed by atoms with Gasteiger partial charge in [-0.15, -0.1) is 0 Å². The molecule has 0 aromatic rings. The number of aliphatic carboxylic acids is 2. The van der Waals surface area contributed by atoms with E-state index in [9.17, 15) is 19.2 Å². The monoisotopic (exact) mass is 405 g/mol. The molecule has 1 aliphatic heterocycles. The van der Waals surface area contributed by atoms with Crippen LogP contribution in [0.3, 0.4) is 0 Å². The third-order valence-corrected chi connectivity index (χ3v) is 7.21. The van der Waals surface area contributed by atoms with E-state index in [1.54, 1.807) is 0 Å². The van der Waals surface area contributed by atoms with Crippen LogP contribution in [0.15, 0.2) is 0 Å². The third-order valence-electron chi connectivity index (χ3n) is 4.21. The van der Waals surface area contributed by atoms with Crippen LogP contribution in [0.2, 0.25) is 0 Å². The molecule has 26 heavy (non-hydrogen) atoms. The zero-order valence-corrected chi connectivity index (χ0v) is 16.6. The van der Waals surface area contributed by atoms with Crippen molar-refractivity contribution in [3.8, 4) is 0 Å². The van der Waals surface area contributed by atoms with Crippen molar-refractivity contribution in [2.24, 2.45) is 5.92 Å². The van der Waals surface area contributed by atoms with E-state index in [0.717, 1.165) is 19.3 Å². The first-order chi connectivity index (χ1) is 12.3. The van der Waals surface area contributed by atoms with Gasteiger partial charge in [-0.1, -0.05) is 34.9 Å². The van der Waals surface area contributed by atoms with Crippen molar-refractivity contribution in [3.05, 3.63) is 0 Å². The number of carboxylic acid groups (broad SMARTS) is 2. The largest absolute Gasteiger partial charge is 0.481 e. The van der Waals surface area contributed by atoms with Gasteiger partial charge in [0.2, 0.25) is 5.91 Å². The Labute approximate surface area is 161 Å². The second-order valence-corrected chi connectivity index (χ2v) is 9.32. The molecular weight excluding hydrogens is 378 g/mol. The molecule has 0 unspecified atom stereocenters. The zero-order chi connectivity index (χ0) is 19.5. The number of rotatable bonds is 13. The lowest BCUT2D eigenvalue weighted by Crippen LogP contribution is -2.42. The van der Waals surface area contributed by atoms with E-state index in [2.05, 4.69) is 5.32 Å². The topological polar surface area (TPSA) is 121 Å². The number of carboxylic acids is 2. The van der Waals surface area contributed by atoms with Gasteiger partial charge in [0.1, 0.15) is 0 Å².